The highest BCUT2D eigenvalue weighted by atomic mass is 16.4. The predicted octanol–water partition coefficient (Wildman–Crippen LogP) is 1.15. The van der Waals surface area contributed by atoms with Gasteiger partial charge in [-0.2, -0.15) is 5.26 Å². The van der Waals surface area contributed by atoms with E-state index in [-0.39, 0.29) is 12.5 Å². The van der Waals surface area contributed by atoms with Gasteiger partial charge < -0.3 is 10.4 Å². The van der Waals surface area contributed by atoms with Crippen LogP contribution in [0.15, 0.2) is 24.3 Å². The standard InChI is InChI=1S/C13H12N2O3/c14-7-9-2-1-3-10(6-9)11(16)15-8-13(4-5-13)12(17)18/h1-3,6H,4-5,8H2,(H,15,16)(H,17,18). The van der Waals surface area contributed by atoms with Crippen molar-refractivity contribution in [3.63, 3.8) is 0 Å². The Morgan fingerprint density at radius 1 is 1.44 bits per heavy atom. The summed E-state index contributed by atoms with van der Waals surface area (Å²) < 4.78 is 0. The Morgan fingerprint density at radius 3 is 2.72 bits per heavy atom. The number of carboxylic acids is 1. The van der Waals surface area contributed by atoms with Gasteiger partial charge in [-0.15, -0.1) is 0 Å². The average molecular weight is 244 g/mol. The van der Waals surface area contributed by atoms with Crippen molar-refractivity contribution in [3.8, 4) is 6.07 Å². The molecule has 1 aliphatic rings. The van der Waals surface area contributed by atoms with Crippen LogP contribution in [0.1, 0.15) is 28.8 Å². The van der Waals surface area contributed by atoms with Crippen LogP contribution in [0, 0.1) is 16.7 Å². The molecule has 0 aromatic heterocycles. The van der Waals surface area contributed by atoms with Gasteiger partial charge in [0.1, 0.15) is 0 Å². The largest absolute Gasteiger partial charge is 0.481 e. The summed E-state index contributed by atoms with van der Waals surface area (Å²) in [7, 11) is 0. The number of benzene rings is 1. The fraction of sp³-hybridized carbons (Fsp3) is 0.308. The van der Waals surface area contributed by atoms with Gasteiger partial charge in [0, 0.05) is 12.1 Å². The van der Waals surface area contributed by atoms with E-state index < -0.39 is 11.4 Å². The molecule has 2 rings (SSSR count). The quantitative estimate of drug-likeness (QED) is 0.831. The maximum absolute atomic E-state index is 11.8. The lowest BCUT2D eigenvalue weighted by molar-refractivity contribution is -0.143. The Bertz CT molecular complexity index is 541. The molecule has 5 nitrogen and oxygen atoms in total. The number of nitrogens with one attached hydrogen (secondary N) is 1. The summed E-state index contributed by atoms with van der Waals surface area (Å²) in [6.45, 7) is 0.137. The van der Waals surface area contributed by atoms with Crippen LogP contribution < -0.4 is 5.32 Å². The molecule has 0 heterocycles. The lowest BCUT2D eigenvalue weighted by Crippen LogP contribution is -2.34. The molecule has 0 atom stereocenters. The van der Waals surface area contributed by atoms with Crippen LogP contribution in [-0.2, 0) is 4.79 Å². The number of nitrogens with zero attached hydrogens (tertiary/aromatic N) is 1. The molecule has 0 unspecified atom stereocenters. The first-order valence-corrected chi connectivity index (χ1v) is 5.59. The van der Waals surface area contributed by atoms with Crippen LogP contribution in [0.2, 0.25) is 0 Å². The number of carbonyl (C=O) groups excluding carboxylic acids is 1. The van der Waals surface area contributed by atoms with Crippen molar-refractivity contribution in [2.24, 2.45) is 5.41 Å². The number of rotatable bonds is 4. The summed E-state index contributed by atoms with van der Waals surface area (Å²) in [5, 5.41) is 20.3. The summed E-state index contributed by atoms with van der Waals surface area (Å²) >= 11 is 0. The summed E-state index contributed by atoms with van der Waals surface area (Å²) in [6.07, 6.45) is 1.20. The van der Waals surface area contributed by atoms with Gasteiger partial charge in [-0.1, -0.05) is 6.07 Å². The first-order valence-electron chi connectivity index (χ1n) is 5.59. The number of aliphatic carboxylic acids is 1. The van der Waals surface area contributed by atoms with Crippen LogP contribution in [0.5, 0.6) is 0 Å². The van der Waals surface area contributed by atoms with Crippen LogP contribution in [0.25, 0.3) is 0 Å². The number of amides is 1. The highest BCUT2D eigenvalue weighted by Gasteiger charge is 2.50. The molecule has 1 saturated carbocycles. The third-order valence-corrected chi connectivity index (χ3v) is 3.15. The highest BCUT2D eigenvalue weighted by Crippen LogP contribution is 2.45. The fourth-order valence-corrected chi connectivity index (χ4v) is 1.70. The fourth-order valence-electron chi connectivity index (χ4n) is 1.70. The lowest BCUT2D eigenvalue weighted by atomic mass is 10.1. The van der Waals surface area contributed by atoms with Crippen molar-refractivity contribution in [1.29, 1.82) is 5.26 Å². The number of carbonyl (C=O) groups is 2. The zero-order chi connectivity index (χ0) is 13.2. The van der Waals surface area contributed by atoms with Crippen molar-refractivity contribution in [2.75, 3.05) is 6.54 Å². The topological polar surface area (TPSA) is 90.2 Å². The smallest absolute Gasteiger partial charge is 0.311 e. The number of hydrogen-bond acceptors (Lipinski definition) is 3. The maximum atomic E-state index is 11.8. The van der Waals surface area contributed by atoms with Crippen molar-refractivity contribution in [3.05, 3.63) is 35.4 Å². The Labute approximate surface area is 104 Å². The van der Waals surface area contributed by atoms with Crippen LogP contribution in [-0.4, -0.2) is 23.5 Å². The van der Waals surface area contributed by atoms with E-state index in [1.165, 1.54) is 6.07 Å². The molecule has 1 amide bonds. The van der Waals surface area contributed by atoms with Gasteiger partial charge in [0.15, 0.2) is 0 Å². The maximum Gasteiger partial charge on any atom is 0.311 e. The Kier molecular flexibility index (Phi) is 3.02. The number of hydrogen-bond donors (Lipinski definition) is 2. The first kappa shape index (κ1) is 12.1. The molecular weight excluding hydrogens is 232 g/mol. The zero-order valence-corrected chi connectivity index (χ0v) is 9.64. The van der Waals surface area contributed by atoms with Gasteiger partial charge in [0.05, 0.1) is 17.0 Å². The van der Waals surface area contributed by atoms with E-state index >= 15 is 0 Å². The van der Waals surface area contributed by atoms with Crippen LogP contribution in [0.4, 0.5) is 0 Å². The van der Waals surface area contributed by atoms with E-state index in [0.717, 1.165) is 0 Å². The SMILES string of the molecule is N#Cc1cccc(C(=O)NCC2(C(=O)O)CC2)c1. The van der Waals surface area contributed by atoms with E-state index in [1.54, 1.807) is 18.2 Å². The molecule has 0 saturated heterocycles. The van der Waals surface area contributed by atoms with E-state index in [1.807, 2.05) is 6.07 Å². The minimum atomic E-state index is -0.867. The van der Waals surface area contributed by atoms with Gasteiger partial charge in [-0.05, 0) is 31.0 Å². The third-order valence-electron chi connectivity index (χ3n) is 3.15. The lowest BCUT2D eigenvalue weighted by Gasteiger charge is -2.11. The second kappa shape index (κ2) is 4.49. The molecule has 18 heavy (non-hydrogen) atoms. The third kappa shape index (κ3) is 2.33. The summed E-state index contributed by atoms with van der Waals surface area (Å²) in [4.78, 5) is 22.7. The van der Waals surface area contributed by atoms with Gasteiger partial charge >= 0.3 is 5.97 Å². The summed E-state index contributed by atoms with van der Waals surface area (Å²) in [5.41, 5.74) is -0.0000593. The molecule has 2 N–H and O–H groups in total. The van der Waals surface area contributed by atoms with Crippen LogP contribution >= 0.6 is 0 Å². The first-order chi connectivity index (χ1) is 8.57. The molecular formula is C13H12N2O3. The van der Waals surface area contributed by atoms with E-state index in [9.17, 15) is 9.59 Å². The molecule has 0 spiro atoms. The van der Waals surface area contributed by atoms with Crippen molar-refractivity contribution >= 4 is 11.9 Å². The van der Waals surface area contributed by atoms with Crippen molar-refractivity contribution in [1.82, 2.24) is 5.32 Å². The Balaban J connectivity index is 2.00. The minimum Gasteiger partial charge on any atom is -0.481 e. The molecule has 0 radical (unpaired) electrons. The molecule has 1 aliphatic carbocycles. The Morgan fingerprint density at radius 2 is 2.17 bits per heavy atom. The molecule has 1 aromatic rings. The molecule has 92 valence electrons. The van der Waals surface area contributed by atoms with Gasteiger partial charge in [-0.3, -0.25) is 9.59 Å². The average Bonchev–Trinajstić information content (AvgIpc) is 3.17. The zero-order valence-electron chi connectivity index (χ0n) is 9.64. The number of nitriles is 1. The van der Waals surface area contributed by atoms with E-state index in [4.69, 9.17) is 10.4 Å². The normalized spacial score (nSPS) is 15.5. The predicted molar refractivity (Wildman–Crippen MR) is 62.8 cm³/mol. The molecule has 0 bridgehead atoms. The van der Waals surface area contributed by atoms with Crippen molar-refractivity contribution in [2.45, 2.75) is 12.8 Å². The second-order valence-electron chi connectivity index (χ2n) is 4.46. The number of carboxylic acid groups (broad SMARTS) is 1. The molecule has 1 aromatic carbocycles. The molecule has 1 fully saturated rings. The Hall–Kier alpha value is -2.35. The molecule has 0 aliphatic heterocycles. The van der Waals surface area contributed by atoms with E-state index in [0.29, 0.717) is 24.0 Å². The highest BCUT2D eigenvalue weighted by molar-refractivity contribution is 5.95. The molecule has 5 heteroatoms. The van der Waals surface area contributed by atoms with Crippen molar-refractivity contribution < 1.29 is 14.7 Å². The summed E-state index contributed by atoms with van der Waals surface area (Å²) in [5.74, 6) is -1.21. The van der Waals surface area contributed by atoms with Gasteiger partial charge in [-0.25, -0.2) is 0 Å². The monoisotopic (exact) mass is 244 g/mol. The van der Waals surface area contributed by atoms with Crippen LogP contribution in [0.3, 0.4) is 0 Å². The second-order valence-corrected chi connectivity index (χ2v) is 4.46. The van der Waals surface area contributed by atoms with Gasteiger partial charge in [0.25, 0.3) is 5.91 Å². The minimum absolute atomic E-state index is 0.137. The summed E-state index contributed by atoms with van der Waals surface area (Å²) in [6, 6.07) is 8.26. The van der Waals surface area contributed by atoms with Gasteiger partial charge in [0.2, 0.25) is 0 Å². The van der Waals surface area contributed by atoms with E-state index in [2.05, 4.69) is 5.32 Å².